The van der Waals surface area contributed by atoms with Crippen molar-refractivity contribution < 1.29 is 4.79 Å². The predicted octanol–water partition coefficient (Wildman–Crippen LogP) is 1.32. The molecule has 0 aliphatic carbocycles. The van der Waals surface area contributed by atoms with Crippen molar-refractivity contribution >= 4 is 28.4 Å². The second-order valence-electron chi connectivity index (χ2n) is 3.99. The Balaban J connectivity index is 2.67. The summed E-state index contributed by atoms with van der Waals surface area (Å²) in [5, 5.41) is 0.468. The van der Waals surface area contributed by atoms with E-state index in [0.717, 1.165) is 10.2 Å². The van der Waals surface area contributed by atoms with Gasteiger partial charge in [0.1, 0.15) is 11.7 Å². The smallest absolute Gasteiger partial charge is 0.272 e. The van der Waals surface area contributed by atoms with Crippen LogP contribution in [0.2, 0.25) is 0 Å². The Kier molecular flexibility index (Phi) is 3.34. The summed E-state index contributed by atoms with van der Waals surface area (Å²) in [6, 6.07) is 5.41. The molecule has 0 bridgehead atoms. The molecule has 2 rings (SSSR count). The highest BCUT2D eigenvalue weighted by Crippen LogP contribution is 2.10. The molecule has 1 N–H and O–H groups in total. The molecule has 0 saturated heterocycles. The van der Waals surface area contributed by atoms with E-state index in [0.29, 0.717) is 16.7 Å². The van der Waals surface area contributed by atoms with Gasteiger partial charge in [0.25, 0.3) is 11.5 Å². The molecule has 0 unspecified atom stereocenters. The molecule has 94 valence electrons. The van der Waals surface area contributed by atoms with Gasteiger partial charge in [-0.25, -0.2) is 9.66 Å². The van der Waals surface area contributed by atoms with Gasteiger partial charge in [0.15, 0.2) is 0 Å². The summed E-state index contributed by atoms with van der Waals surface area (Å²) in [5.41, 5.74) is 3.67. The average Bonchev–Trinajstić information content (AvgIpc) is 2.35. The maximum Gasteiger partial charge on any atom is 0.280 e. The van der Waals surface area contributed by atoms with Crippen molar-refractivity contribution in [2.75, 3.05) is 11.3 Å². The van der Waals surface area contributed by atoms with Crippen molar-refractivity contribution in [1.29, 1.82) is 0 Å². The topological polar surface area (TPSA) is 64.0 Å². The second-order valence-corrected chi connectivity index (χ2v) is 4.26. The number of aryl methyl sites for hydroxylation is 2. The van der Waals surface area contributed by atoms with Crippen molar-refractivity contribution in [3.63, 3.8) is 0 Å². The van der Waals surface area contributed by atoms with Crippen molar-refractivity contribution in [2.24, 2.45) is 0 Å². The first-order chi connectivity index (χ1) is 8.52. The van der Waals surface area contributed by atoms with Gasteiger partial charge in [0.05, 0.1) is 10.9 Å². The molecule has 1 heterocycles. The summed E-state index contributed by atoms with van der Waals surface area (Å²) in [6.07, 6.45) is 0. The van der Waals surface area contributed by atoms with Gasteiger partial charge in [-0.1, -0.05) is 11.6 Å². The van der Waals surface area contributed by atoms with E-state index in [2.05, 4.69) is 10.4 Å². The number of fused-ring (bicyclic) bond motifs is 1. The summed E-state index contributed by atoms with van der Waals surface area (Å²) in [6.45, 7) is 3.54. The van der Waals surface area contributed by atoms with Crippen LogP contribution in [-0.4, -0.2) is 21.4 Å². The zero-order chi connectivity index (χ0) is 13.3. The number of carbonyl (C=O) groups excluding carboxylic acids is 1. The highest BCUT2D eigenvalue weighted by atomic mass is 35.5. The maximum absolute atomic E-state index is 12.2. The van der Waals surface area contributed by atoms with Crippen molar-refractivity contribution in [3.05, 3.63) is 39.9 Å². The first kappa shape index (κ1) is 12.6. The number of benzene rings is 1. The van der Waals surface area contributed by atoms with E-state index in [9.17, 15) is 9.59 Å². The Morgan fingerprint density at radius 1 is 1.44 bits per heavy atom. The minimum atomic E-state index is -0.448. The molecule has 0 aliphatic heterocycles. The number of rotatable bonds is 2. The third kappa shape index (κ3) is 2.22. The molecular weight excluding hydrogens is 254 g/mol. The van der Waals surface area contributed by atoms with Gasteiger partial charge in [-0.2, -0.15) is 0 Å². The number of hydrogen-bond acceptors (Lipinski definition) is 3. The number of carbonyl (C=O) groups is 1. The van der Waals surface area contributed by atoms with E-state index in [1.807, 2.05) is 13.0 Å². The van der Waals surface area contributed by atoms with Gasteiger partial charge < -0.3 is 0 Å². The molecule has 0 radical (unpaired) electrons. The van der Waals surface area contributed by atoms with Crippen LogP contribution in [0.1, 0.15) is 11.4 Å². The number of nitrogens with one attached hydrogen (secondary N) is 1. The molecule has 6 heteroatoms. The predicted molar refractivity (Wildman–Crippen MR) is 70.6 cm³/mol. The fraction of sp³-hybridized carbons (Fsp3) is 0.250. The van der Waals surface area contributed by atoms with E-state index in [1.54, 1.807) is 19.1 Å². The van der Waals surface area contributed by atoms with Crippen LogP contribution in [0.15, 0.2) is 23.0 Å². The largest absolute Gasteiger partial charge is 0.280 e. The van der Waals surface area contributed by atoms with Gasteiger partial charge >= 0.3 is 0 Å². The number of alkyl halides is 1. The highest BCUT2D eigenvalue weighted by Gasteiger charge is 2.10. The maximum atomic E-state index is 12.2. The van der Waals surface area contributed by atoms with Crippen LogP contribution in [0.3, 0.4) is 0 Å². The van der Waals surface area contributed by atoms with Crippen LogP contribution >= 0.6 is 11.6 Å². The summed E-state index contributed by atoms with van der Waals surface area (Å²) in [4.78, 5) is 27.7. The first-order valence-electron chi connectivity index (χ1n) is 5.39. The third-order valence-corrected chi connectivity index (χ3v) is 2.79. The lowest BCUT2D eigenvalue weighted by atomic mass is 10.2. The minimum absolute atomic E-state index is 0.211. The monoisotopic (exact) mass is 265 g/mol. The summed E-state index contributed by atoms with van der Waals surface area (Å²) >= 11 is 5.40. The van der Waals surface area contributed by atoms with Gasteiger partial charge in [0, 0.05) is 0 Å². The van der Waals surface area contributed by atoms with Gasteiger partial charge in [0.2, 0.25) is 0 Å². The van der Waals surface area contributed by atoms with E-state index in [-0.39, 0.29) is 11.4 Å². The summed E-state index contributed by atoms with van der Waals surface area (Å²) in [7, 11) is 0. The van der Waals surface area contributed by atoms with Crippen LogP contribution in [0, 0.1) is 13.8 Å². The third-order valence-electron chi connectivity index (χ3n) is 2.55. The zero-order valence-electron chi connectivity index (χ0n) is 10.0. The second kappa shape index (κ2) is 4.78. The van der Waals surface area contributed by atoms with Crippen LogP contribution < -0.4 is 11.0 Å². The number of nitrogens with zero attached hydrogens (tertiary/aromatic N) is 2. The molecule has 2 aromatic rings. The van der Waals surface area contributed by atoms with Gasteiger partial charge in [-0.15, -0.1) is 11.6 Å². The molecule has 18 heavy (non-hydrogen) atoms. The van der Waals surface area contributed by atoms with Crippen molar-refractivity contribution in [3.8, 4) is 0 Å². The van der Waals surface area contributed by atoms with E-state index in [1.165, 1.54) is 0 Å². The van der Waals surface area contributed by atoms with Gasteiger partial charge in [-0.3, -0.25) is 15.0 Å². The molecule has 0 fully saturated rings. The molecule has 1 amide bonds. The Morgan fingerprint density at radius 3 is 2.83 bits per heavy atom. The van der Waals surface area contributed by atoms with Crippen molar-refractivity contribution in [1.82, 2.24) is 9.66 Å². The lowest BCUT2D eigenvalue weighted by molar-refractivity contribution is -0.114. The lowest BCUT2D eigenvalue weighted by Crippen LogP contribution is -2.36. The van der Waals surface area contributed by atoms with E-state index < -0.39 is 5.91 Å². The van der Waals surface area contributed by atoms with Crippen LogP contribution in [0.25, 0.3) is 10.9 Å². The summed E-state index contributed by atoms with van der Waals surface area (Å²) < 4.78 is 1.12. The quantitative estimate of drug-likeness (QED) is 0.833. The normalized spacial score (nSPS) is 10.6. The van der Waals surface area contributed by atoms with Crippen LogP contribution in [-0.2, 0) is 4.79 Å². The number of halogens is 1. The first-order valence-corrected chi connectivity index (χ1v) is 5.92. The average molecular weight is 266 g/mol. The standard InChI is InChI=1S/C12H12ClN3O2/c1-7-3-4-10-9(5-7)12(18)16(8(2)14-10)15-11(17)6-13/h3-5H,6H2,1-2H3,(H,15,17). The van der Waals surface area contributed by atoms with Crippen LogP contribution in [0.5, 0.6) is 0 Å². The molecule has 0 saturated carbocycles. The van der Waals surface area contributed by atoms with Crippen LogP contribution in [0.4, 0.5) is 0 Å². The highest BCUT2D eigenvalue weighted by molar-refractivity contribution is 6.28. The van der Waals surface area contributed by atoms with E-state index >= 15 is 0 Å². The lowest BCUT2D eigenvalue weighted by Gasteiger charge is -2.11. The van der Waals surface area contributed by atoms with Gasteiger partial charge in [-0.05, 0) is 26.0 Å². The summed E-state index contributed by atoms with van der Waals surface area (Å²) in [5.74, 6) is -0.247. The number of hydrogen-bond donors (Lipinski definition) is 1. The molecule has 1 aromatic heterocycles. The number of aromatic nitrogens is 2. The zero-order valence-corrected chi connectivity index (χ0v) is 10.8. The molecule has 1 aromatic carbocycles. The number of amides is 1. The Labute approximate surface area is 108 Å². The Hall–Kier alpha value is -1.88. The Bertz CT molecular complexity index is 679. The molecule has 0 aliphatic rings. The minimum Gasteiger partial charge on any atom is -0.272 e. The van der Waals surface area contributed by atoms with Crippen molar-refractivity contribution in [2.45, 2.75) is 13.8 Å². The fourth-order valence-electron chi connectivity index (χ4n) is 1.70. The fourth-order valence-corrected chi connectivity index (χ4v) is 1.76. The SMILES string of the molecule is Cc1ccc2nc(C)n(NC(=O)CCl)c(=O)c2c1. The molecule has 5 nitrogen and oxygen atoms in total. The molecule has 0 atom stereocenters. The molecule has 0 spiro atoms. The van der Waals surface area contributed by atoms with E-state index in [4.69, 9.17) is 11.6 Å². The Morgan fingerprint density at radius 2 is 2.17 bits per heavy atom. The molecular formula is C12H12ClN3O2.